The van der Waals surface area contributed by atoms with Crippen LogP contribution in [0.15, 0.2) is 47.9 Å². The molecular weight excluding hydrogens is 390 g/mol. The third kappa shape index (κ3) is 5.32. The Morgan fingerprint density at radius 1 is 1.21 bits per heavy atom. The molecule has 1 atom stereocenters. The Kier molecular flexibility index (Phi) is 6.10. The average molecular weight is 418 g/mol. The summed E-state index contributed by atoms with van der Waals surface area (Å²) in [7, 11) is -3.05. The van der Waals surface area contributed by atoms with E-state index in [1.807, 2.05) is 29.6 Å². The molecule has 28 heavy (non-hydrogen) atoms. The SMILES string of the molecule is CC(C)(C)c1ccc(/C=C/C(=O)N(Cc2cccs2)[C@@H]2CCS(=O)(=O)C2)cc1. The Balaban J connectivity index is 1.76. The summed E-state index contributed by atoms with van der Waals surface area (Å²) in [4.78, 5) is 15.7. The second-order valence-corrected chi connectivity index (χ2v) is 11.6. The van der Waals surface area contributed by atoms with Crippen molar-refractivity contribution in [2.45, 2.75) is 45.2 Å². The van der Waals surface area contributed by atoms with Crippen molar-refractivity contribution in [3.05, 3.63) is 63.9 Å². The Labute approximate surface area is 171 Å². The molecule has 1 aromatic heterocycles. The first-order valence-corrected chi connectivity index (χ1v) is 12.2. The van der Waals surface area contributed by atoms with Gasteiger partial charge in [-0.15, -0.1) is 11.3 Å². The highest BCUT2D eigenvalue weighted by molar-refractivity contribution is 7.91. The fraction of sp³-hybridized carbons (Fsp3) is 0.409. The Hall–Kier alpha value is -1.92. The van der Waals surface area contributed by atoms with E-state index in [9.17, 15) is 13.2 Å². The summed E-state index contributed by atoms with van der Waals surface area (Å²) in [6.07, 6.45) is 3.87. The maximum atomic E-state index is 12.9. The monoisotopic (exact) mass is 417 g/mol. The summed E-state index contributed by atoms with van der Waals surface area (Å²) in [5, 5.41) is 1.97. The van der Waals surface area contributed by atoms with Gasteiger partial charge in [-0.2, -0.15) is 0 Å². The van der Waals surface area contributed by atoms with E-state index >= 15 is 0 Å². The number of amides is 1. The molecule has 2 heterocycles. The molecule has 1 fully saturated rings. The van der Waals surface area contributed by atoms with Crippen LogP contribution >= 0.6 is 11.3 Å². The van der Waals surface area contributed by atoms with Crippen LogP contribution in [0.4, 0.5) is 0 Å². The van der Waals surface area contributed by atoms with E-state index in [4.69, 9.17) is 0 Å². The lowest BCUT2D eigenvalue weighted by molar-refractivity contribution is -0.128. The number of sulfone groups is 1. The number of thiophene rings is 1. The summed E-state index contributed by atoms with van der Waals surface area (Å²) in [5.41, 5.74) is 2.28. The molecule has 3 rings (SSSR count). The quantitative estimate of drug-likeness (QED) is 0.683. The van der Waals surface area contributed by atoms with Gasteiger partial charge >= 0.3 is 0 Å². The van der Waals surface area contributed by atoms with Crippen molar-refractivity contribution in [3.63, 3.8) is 0 Å². The minimum Gasteiger partial charge on any atom is -0.330 e. The van der Waals surface area contributed by atoms with Crippen LogP contribution < -0.4 is 0 Å². The third-order valence-electron chi connectivity index (χ3n) is 5.03. The van der Waals surface area contributed by atoms with Crippen LogP contribution in [0.1, 0.15) is 43.2 Å². The van der Waals surface area contributed by atoms with Crippen molar-refractivity contribution in [3.8, 4) is 0 Å². The summed E-state index contributed by atoms with van der Waals surface area (Å²) >= 11 is 1.58. The summed E-state index contributed by atoms with van der Waals surface area (Å²) < 4.78 is 23.8. The predicted molar refractivity (Wildman–Crippen MR) is 116 cm³/mol. The van der Waals surface area contributed by atoms with Gasteiger partial charge in [0.15, 0.2) is 9.84 Å². The number of benzene rings is 1. The van der Waals surface area contributed by atoms with Crippen LogP contribution in [0.25, 0.3) is 6.08 Å². The van der Waals surface area contributed by atoms with Gasteiger partial charge in [0, 0.05) is 17.0 Å². The van der Waals surface area contributed by atoms with E-state index in [0.29, 0.717) is 13.0 Å². The molecule has 0 spiro atoms. The fourth-order valence-corrected chi connectivity index (χ4v) is 5.77. The second kappa shape index (κ2) is 8.21. The zero-order valence-corrected chi connectivity index (χ0v) is 18.2. The van der Waals surface area contributed by atoms with Gasteiger partial charge in [-0.25, -0.2) is 8.42 Å². The molecule has 0 saturated carbocycles. The van der Waals surface area contributed by atoms with E-state index < -0.39 is 9.84 Å². The minimum absolute atomic E-state index is 0.0538. The number of hydrogen-bond donors (Lipinski definition) is 0. The minimum atomic E-state index is -3.05. The third-order valence-corrected chi connectivity index (χ3v) is 7.65. The number of carbonyl (C=O) groups excluding carboxylic acids is 1. The van der Waals surface area contributed by atoms with E-state index in [1.54, 1.807) is 28.4 Å². The Bertz CT molecular complexity index is 937. The molecule has 0 N–H and O–H groups in total. The number of nitrogens with zero attached hydrogens (tertiary/aromatic N) is 1. The Morgan fingerprint density at radius 2 is 1.93 bits per heavy atom. The number of rotatable bonds is 5. The highest BCUT2D eigenvalue weighted by Crippen LogP contribution is 2.24. The number of carbonyl (C=O) groups is 1. The molecule has 150 valence electrons. The average Bonchev–Trinajstić information content (AvgIpc) is 3.26. The molecule has 1 aliphatic rings. The van der Waals surface area contributed by atoms with Crippen molar-refractivity contribution in [1.29, 1.82) is 0 Å². The predicted octanol–water partition coefficient (Wildman–Crippen LogP) is 4.27. The largest absolute Gasteiger partial charge is 0.330 e. The maximum Gasteiger partial charge on any atom is 0.247 e. The molecule has 1 aliphatic heterocycles. The van der Waals surface area contributed by atoms with Crippen LogP contribution in [-0.4, -0.2) is 36.8 Å². The standard InChI is InChI=1S/C22H27NO3S2/c1-22(2,3)18-9-6-17(7-10-18)8-11-21(24)23(15-20-5-4-13-27-20)19-12-14-28(25,26)16-19/h4-11,13,19H,12,14-16H2,1-3H3/b11-8+/t19-/m1/s1. The zero-order valence-electron chi connectivity index (χ0n) is 16.6. The molecule has 0 radical (unpaired) electrons. The molecule has 1 amide bonds. The molecule has 1 saturated heterocycles. The summed E-state index contributed by atoms with van der Waals surface area (Å²) in [5.74, 6) is 0.0673. The van der Waals surface area contributed by atoms with Gasteiger partial charge in [-0.05, 0) is 40.5 Å². The lowest BCUT2D eigenvalue weighted by Gasteiger charge is -2.26. The first kappa shape index (κ1) is 20.8. The van der Waals surface area contributed by atoms with E-state index in [2.05, 4.69) is 32.9 Å². The molecule has 2 aromatic rings. The van der Waals surface area contributed by atoms with Gasteiger partial charge in [0.05, 0.1) is 18.1 Å². The second-order valence-electron chi connectivity index (χ2n) is 8.31. The summed E-state index contributed by atoms with van der Waals surface area (Å²) in [6.45, 7) is 6.95. The van der Waals surface area contributed by atoms with Gasteiger partial charge in [0.25, 0.3) is 0 Å². The molecule has 0 unspecified atom stereocenters. The van der Waals surface area contributed by atoms with Crippen molar-refractivity contribution in [2.24, 2.45) is 0 Å². The molecule has 0 aliphatic carbocycles. The van der Waals surface area contributed by atoms with Crippen LogP contribution in [-0.2, 0) is 26.6 Å². The van der Waals surface area contributed by atoms with Crippen molar-refractivity contribution in [2.75, 3.05) is 11.5 Å². The van der Waals surface area contributed by atoms with E-state index in [-0.39, 0.29) is 28.9 Å². The first-order chi connectivity index (χ1) is 13.1. The van der Waals surface area contributed by atoms with Gasteiger partial charge < -0.3 is 4.90 Å². The molecule has 4 nitrogen and oxygen atoms in total. The van der Waals surface area contributed by atoms with Crippen molar-refractivity contribution >= 4 is 33.2 Å². The lowest BCUT2D eigenvalue weighted by Crippen LogP contribution is -2.39. The normalized spacial score (nSPS) is 19.2. The van der Waals surface area contributed by atoms with Gasteiger partial charge in [-0.1, -0.05) is 51.1 Å². The maximum absolute atomic E-state index is 12.9. The highest BCUT2D eigenvalue weighted by atomic mass is 32.2. The van der Waals surface area contributed by atoms with Crippen LogP contribution in [0, 0.1) is 0 Å². The van der Waals surface area contributed by atoms with Gasteiger partial charge in [-0.3, -0.25) is 4.79 Å². The van der Waals surface area contributed by atoms with Crippen LogP contribution in [0.2, 0.25) is 0 Å². The summed E-state index contributed by atoms with van der Waals surface area (Å²) in [6, 6.07) is 11.8. The van der Waals surface area contributed by atoms with Gasteiger partial charge in [0.2, 0.25) is 5.91 Å². The van der Waals surface area contributed by atoms with E-state index in [0.717, 1.165) is 10.4 Å². The topological polar surface area (TPSA) is 54.5 Å². The van der Waals surface area contributed by atoms with Crippen LogP contribution in [0.3, 0.4) is 0 Å². The van der Waals surface area contributed by atoms with Gasteiger partial charge in [0.1, 0.15) is 0 Å². The molecule has 0 bridgehead atoms. The van der Waals surface area contributed by atoms with Crippen molar-refractivity contribution < 1.29 is 13.2 Å². The van der Waals surface area contributed by atoms with E-state index in [1.165, 1.54) is 5.56 Å². The zero-order chi connectivity index (χ0) is 20.4. The smallest absolute Gasteiger partial charge is 0.247 e. The Morgan fingerprint density at radius 3 is 2.46 bits per heavy atom. The molecule has 1 aromatic carbocycles. The van der Waals surface area contributed by atoms with Crippen molar-refractivity contribution in [1.82, 2.24) is 4.90 Å². The molecular formula is C22H27NO3S2. The van der Waals surface area contributed by atoms with Crippen LogP contribution in [0.5, 0.6) is 0 Å². The molecule has 6 heteroatoms. The highest BCUT2D eigenvalue weighted by Gasteiger charge is 2.34. The lowest BCUT2D eigenvalue weighted by atomic mass is 9.87. The first-order valence-electron chi connectivity index (χ1n) is 9.46. The number of hydrogen-bond acceptors (Lipinski definition) is 4. The fourth-order valence-electron chi connectivity index (χ4n) is 3.34.